The molecule has 142 valence electrons. The van der Waals surface area contributed by atoms with Gasteiger partial charge in [0.15, 0.2) is 11.6 Å². The summed E-state index contributed by atoms with van der Waals surface area (Å²) in [6, 6.07) is 19.5. The standard InChI is InChI=1S/C24H26N4/c1-3-24(4-2)15-14-18-10-8-9-13-20(18)28-22-21(25-16-17-26-22)27(23(24)28)19-11-6-5-7-12-19/h5-13,16-17,23H,3-4,14-15H2,1-2H3. The van der Waals surface area contributed by atoms with Gasteiger partial charge in [-0.1, -0.05) is 50.2 Å². The van der Waals surface area contributed by atoms with Crippen molar-refractivity contribution in [3.63, 3.8) is 0 Å². The number of hydrogen-bond acceptors (Lipinski definition) is 4. The molecular formula is C24H26N4. The first-order chi connectivity index (χ1) is 13.8. The van der Waals surface area contributed by atoms with Crippen molar-refractivity contribution in [3.05, 3.63) is 72.6 Å². The van der Waals surface area contributed by atoms with Crippen LogP contribution in [0.4, 0.5) is 23.0 Å². The van der Waals surface area contributed by atoms with Crippen LogP contribution in [-0.2, 0) is 6.42 Å². The largest absolute Gasteiger partial charge is 0.301 e. The number of fused-ring (bicyclic) bond motifs is 5. The van der Waals surface area contributed by atoms with Gasteiger partial charge in [-0.05, 0) is 49.4 Å². The zero-order valence-corrected chi connectivity index (χ0v) is 16.5. The van der Waals surface area contributed by atoms with Gasteiger partial charge in [0.25, 0.3) is 0 Å². The van der Waals surface area contributed by atoms with Gasteiger partial charge in [-0.2, -0.15) is 0 Å². The van der Waals surface area contributed by atoms with Gasteiger partial charge in [-0.25, -0.2) is 9.97 Å². The number of aryl methyl sites for hydroxylation is 1. The van der Waals surface area contributed by atoms with Crippen molar-refractivity contribution in [2.24, 2.45) is 5.41 Å². The summed E-state index contributed by atoms with van der Waals surface area (Å²) in [5, 5.41) is 0. The van der Waals surface area contributed by atoms with Crippen LogP contribution in [0.2, 0.25) is 0 Å². The van der Waals surface area contributed by atoms with E-state index in [-0.39, 0.29) is 11.6 Å². The van der Waals surface area contributed by atoms with E-state index in [1.807, 2.05) is 12.4 Å². The zero-order valence-electron chi connectivity index (χ0n) is 16.5. The maximum Gasteiger partial charge on any atom is 0.178 e. The van der Waals surface area contributed by atoms with Gasteiger partial charge in [0.1, 0.15) is 6.17 Å². The molecule has 0 aliphatic carbocycles. The first-order valence-electron chi connectivity index (χ1n) is 10.3. The Morgan fingerprint density at radius 3 is 2.21 bits per heavy atom. The quantitative estimate of drug-likeness (QED) is 0.579. The molecule has 4 nitrogen and oxygen atoms in total. The first kappa shape index (κ1) is 17.2. The predicted molar refractivity (Wildman–Crippen MR) is 114 cm³/mol. The summed E-state index contributed by atoms with van der Waals surface area (Å²) in [4.78, 5) is 14.5. The molecule has 3 heterocycles. The average molecular weight is 371 g/mol. The topological polar surface area (TPSA) is 32.3 Å². The number of anilines is 4. The van der Waals surface area contributed by atoms with Gasteiger partial charge in [-0.3, -0.25) is 0 Å². The van der Waals surface area contributed by atoms with Crippen molar-refractivity contribution < 1.29 is 0 Å². The van der Waals surface area contributed by atoms with Crippen molar-refractivity contribution in [1.82, 2.24) is 9.97 Å². The molecule has 1 atom stereocenters. The van der Waals surface area contributed by atoms with Gasteiger partial charge in [-0.15, -0.1) is 0 Å². The maximum atomic E-state index is 4.82. The van der Waals surface area contributed by atoms with Gasteiger partial charge < -0.3 is 9.80 Å². The van der Waals surface area contributed by atoms with E-state index in [9.17, 15) is 0 Å². The van der Waals surface area contributed by atoms with E-state index in [2.05, 4.69) is 78.2 Å². The van der Waals surface area contributed by atoms with E-state index in [4.69, 9.17) is 9.97 Å². The van der Waals surface area contributed by atoms with Crippen LogP contribution in [0.3, 0.4) is 0 Å². The summed E-state index contributed by atoms with van der Waals surface area (Å²) in [6.07, 6.45) is 8.31. The van der Waals surface area contributed by atoms with Crippen LogP contribution >= 0.6 is 0 Å². The summed E-state index contributed by atoms with van der Waals surface area (Å²) in [6.45, 7) is 4.68. The van der Waals surface area contributed by atoms with Crippen LogP contribution in [0.1, 0.15) is 38.7 Å². The fourth-order valence-electron chi connectivity index (χ4n) is 5.09. The Morgan fingerprint density at radius 2 is 1.50 bits per heavy atom. The van der Waals surface area contributed by atoms with Crippen molar-refractivity contribution in [1.29, 1.82) is 0 Å². The van der Waals surface area contributed by atoms with Crippen LogP contribution in [-0.4, -0.2) is 16.1 Å². The van der Waals surface area contributed by atoms with Gasteiger partial charge in [0.2, 0.25) is 0 Å². The second kappa shape index (κ2) is 6.62. The number of para-hydroxylation sites is 2. The summed E-state index contributed by atoms with van der Waals surface area (Å²) in [7, 11) is 0. The smallest absolute Gasteiger partial charge is 0.178 e. The zero-order chi connectivity index (χ0) is 19.1. The lowest BCUT2D eigenvalue weighted by molar-refractivity contribution is 0.195. The van der Waals surface area contributed by atoms with Crippen LogP contribution in [0.15, 0.2) is 67.0 Å². The van der Waals surface area contributed by atoms with Crippen molar-refractivity contribution >= 4 is 23.0 Å². The van der Waals surface area contributed by atoms with Gasteiger partial charge in [0.05, 0.1) is 0 Å². The second-order valence-electron chi connectivity index (χ2n) is 7.85. The maximum absolute atomic E-state index is 4.82. The van der Waals surface area contributed by atoms with Crippen molar-refractivity contribution in [3.8, 4) is 0 Å². The highest BCUT2D eigenvalue weighted by atomic mass is 15.5. The van der Waals surface area contributed by atoms with E-state index >= 15 is 0 Å². The molecule has 2 aromatic carbocycles. The Morgan fingerprint density at radius 1 is 0.857 bits per heavy atom. The van der Waals surface area contributed by atoms with E-state index in [0.717, 1.165) is 37.3 Å². The molecule has 0 saturated heterocycles. The highest BCUT2D eigenvalue weighted by Gasteiger charge is 2.52. The molecule has 4 heteroatoms. The highest BCUT2D eigenvalue weighted by molar-refractivity contribution is 5.85. The average Bonchev–Trinajstić information content (AvgIpc) is 3.04. The van der Waals surface area contributed by atoms with Crippen molar-refractivity contribution in [2.75, 3.05) is 9.80 Å². The third kappa shape index (κ3) is 2.37. The minimum atomic E-state index is 0.150. The van der Waals surface area contributed by atoms with Gasteiger partial charge >= 0.3 is 0 Å². The minimum Gasteiger partial charge on any atom is -0.301 e. The van der Waals surface area contributed by atoms with Crippen LogP contribution < -0.4 is 9.80 Å². The van der Waals surface area contributed by atoms with Crippen LogP contribution in [0.25, 0.3) is 0 Å². The summed E-state index contributed by atoms with van der Waals surface area (Å²) in [5.41, 5.74) is 4.01. The molecule has 2 aliphatic rings. The molecule has 2 aliphatic heterocycles. The minimum absolute atomic E-state index is 0.150. The fraction of sp³-hybridized carbons (Fsp3) is 0.333. The molecule has 1 aromatic heterocycles. The third-order valence-electron chi connectivity index (χ3n) is 6.74. The Kier molecular flexibility index (Phi) is 4.08. The summed E-state index contributed by atoms with van der Waals surface area (Å²) >= 11 is 0. The molecular weight excluding hydrogens is 344 g/mol. The SMILES string of the molecule is CCC1(CC)CCc2ccccc2N2c3nccnc3N(c3ccccc3)C21. The normalized spacial score (nSPS) is 19.6. The molecule has 0 N–H and O–H groups in total. The highest BCUT2D eigenvalue weighted by Crippen LogP contribution is 2.55. The Bertz CT molecular complexity index is 981. The lowest BCUT2D eigenvalue weighted by Gasteiger charge is -2.45. The monoisotopic (exact) mass is 370 g/mol. The summed E-state index contributed by atoms with van der Waals surface area (Å²) in [5.74, 6) is 1.93. The number of hydrogen-bond donors (Lipinski definition) is 0. The molecule has 0 fully saturated rings. The number of benzene rings is 2. The fourth-order valence-corrected chi connectivity index (χ4v) is 5.09. The Balaban J connectivity index is 1.81. The molecule has 1 unspecified atom stereocenters. The van der Waals surface area contributed by atoms with E-state index in [1.165, 1.54) is 16.9 Å². The van der Waals surface area contributed by atoms with Crippen LogP contribution in [0.5, 0.6) is 0 Å². The van der Waals surface area contributed by atoms with E-state index in [0.29, 0.717) is 0 Å². The Hall–Kier alpha value is -2.88. The molecule has 0 amide bonds. The van der Waals surface area contributed by atoms with E-state index < -0.39 is 0 Å². The molecule has 3 aromatic rings. The van der Waals surface area contributed by atoms with Crippen LogP contribution in [0, 0.1) is 5.41 Å². The molecule has 0 saturated carbocycles. The van der Waals surface area contributed by atoms with Crippen molar-refractivity contribution in [2.45, 2.75) is 45.7 Å². The molecule has 28 heavy (non-hydrogen) atoms. The van der Waals surface area contributed by atoms with E-state index in [1.54, 1.807) is 0 Å². The number of rotatable bonds is 3. The molecule has 0 spiro atoms. The second-order valence-corrected chi connectivity index (χ2v) is 7.85. The first-order valence-corrected chi connectivity index (χ1v) is 10.3. The lowest BCUT2D eigenvalue weighted by Crippen LogP contribution is -2.51. The number of nitrogens with zero attached hydrogens (tertiary/aromatic N) is 4. The Labute approximate surface area is 166 Å². The third-order valence-corrected chi connectivity index (χ3v) is 6.74. The summed E-state index contributed by atoms with van der Waals surface area (Å²) < 4.78 is 0. The molecule has 0 bridgehead atoms. The molecule has 5 rings (SSSR count). The number of aromatic nitrogens is 2. The molecule has 0 radical (unpaired) electrons. The lowest BCUT2D eigenvalue weighted by atomic mass is 9.74. The van der Waals surface area contributed by atoms with Gasteiger partial charge in [0, 0.05) is 29.2 Å². The predicted octanol–water partition coefficient (Wildman–Crippen LogP) is 5.85.